The molecule has 0 aromatic carbocycles. The second kappa shape index (κ2) is 4.09. The minimum Gasteiger partial charge on any atom is -0.339 e. The van der Waals surface area contributed by atoms with Crippen molar-refractivity contribution in [3.05, 3.63) is 11.7 Å². The van der Waals surface area contributed by atoms with Gasteiger partial charge in [-0.2, -0.15) is 4.98 Å². The van der Waals surface area contributed by atoms with Gasteiger partial charge in [0.2, 0.25) is 5.89 Å². The summed E-state index contributed by atoms with van der Waals surface area (Å²) in [5.41, 5.74) is 5.42. The van der Waals surface area contributed by atoms with Gasteiger partial charge in [-0.25, -0.2) is 0 Å². The van der Waals surface area contributed by atoms with Crippen molar-refractivity contribution in [1.82, 2.24) is 10.1 Å². The lowest BCUT2D eigenvalue weighted by molar-refractivity contribution is 0.344. The Morgan fingerprint density at radius 2 is 2.07 bits per heavy atom. The Morgan fingerprint density at radius 1 is 1.43 bits per heavy atom. The summed E-state index contributed by atoms with van der Waals surface area (Å²) in [4.78, 5) is 4.37. The molecule has 4 heteroatoms. The predicted octanol–water partition coefficient (Wildman–Crippen LogP) is 1.82. The van der Waals surface area contributed by atoms with E-state index in [-0.39, 0.29) is 11.3 Å². The van der Waals surface area contributed by atoms with Crippen LogP contribution in [0.15, 0.2) is 4.52 Å². The highest BCUT2D eigenvalue weighted by atomic mass is 16.5. The van der Waals surface area contributed by atoms with Crippen LogP contribution in [0.4, 0.5) is 0 Å². The average molecular weight is 197 g/mol. The summed E-state index contributed by atoms with van der Waals surface area (Å²) in [7, 11) is 0. The van der Waals surface area contributed by atoms with Gasteiger partial charge in [-0.15, -0.1) is 0 Å². The lowest BCUT2D eigenvalue weighted by Crippen LogP contribution is -2.13. The summed E-state index contributed by atoms with van der Waals surface area (Å²) in [6, 6.07) is 0. The third-order valence-electron chi connectivity index (χ3n) is 2.13. The van der Waals surface area contributed by atoms with Crippen LogP contribution in [0, 0.1) is 0 Å². The number of hydrogen-bond acceptors (Lipinski definition) is 4. The van der Waals surface area contributed by atoms with Crippen molar-refractivity contribution in [2.45, 2.75) is 45.4 Å². The van der Waals surface area contributed by atoms with Crippen molar-refractivity contribution in [3.63, 3.8) is 0 Å². The fraction of sp³-hybridized carbons (Fsp3) is 0.800. The van der Waals surface area contributed by atoms with Gasteiger partial charge >= 0.3 is 0 Å². The standard InChI is InChI=1S/C10H19N3O/c1-7(5-6-11)8-12-9(13-14-8)10(2,3)4/h7H,5-6,11H2,1-4H3. The third-order valence-corrected chi connectivity index (χ3v) is 2.13. The van der Waals surface area contributed by atoms with E-state index in [0.29, 0.717) is 12.4 Å². The first-order valence-electron chi connectivity index (χ1n) is 4.99. The topological polar surface area (TPSA) is 64.9 Å². The molecule has 0 saturated carbocycles. The van der Waals surface area contributed by atoms with Gasteiger partial charge in [0.05, 0.1) is 0 Å². The Balaban J connectivity index is 2.78. The molecule has 0 aliphatic heterocycles. The van der Waals surface area contributed by atoms with E-state index >= 15 is 0 Å². The van der Waals surface area contributed by atoms with Gasteiger partial charge in [0.25, 0.3) is 0 Å². The Labute approximate surface area is 84.9 Å². The molecular formula is C10H19N3O. The van der Waals surface area contributed by atoms with Crippen molar-refractivity contribution in [1.29, 1.82) is 0 Å². The summed E-state index contributed by atoms with van der Waals surface area (Å²) in [6.45, 7) is 8.89. The van der Waals surface area contributed by atoms with Crippen LogP contribution < -0.4 is 5.73 Å². The zero-order chi connectivity index (χ0) is 10.8. The number of nitrogens with zero attached hydrogens (tertiary/aromatic N) is 2. The van der Waals surface area contributed by atoms with Crippen molar-refractivity contribution in [2.24, 2.45) is 5.73 Å². The second-order valence-electron chi connectivity index (χ2n) is 4.68. The molecule has 0 fully saturated rings. The fourth-order valence-electron chi connectivity index (χ4n) is 1.11. The monoisotopic (exact) mass is 197 g/mol. The van der Waals surface area contributed by atoms with E-state index < -0.39 is 0 Å². The molecular weight excluding hydrogens is 178 g/mol. The molecule has 1 rings (SSSR count). The fourth-order valence-corrected chi connectivity index (χ4v) is 1.11. The first-order valence-corrected chi connectivity index (χ1v) is 4.99. The highest BCUT2D eigenvalue weighted by Crippen LogP contribution is 2.22. The minimum absolute atomic E-state index is 0.0514. The van der Waals surface area contributed by atoms with Crippen LogP contribution in [0.5, 0.6) is 0 Å². The van der Waals surface area contributed by atoms with Gasteiger partial charge in [0.15, 0.2) is 5.82 Å². The zero-order valence-electron chi connectivity index (χ0n) is 9.37. The number of aromatic nitrogens is 2. The Hall–Kier alpha value is -0.900. The Kier molecular flexibility index (Phi) is 3.26. The van der Waals surface area contributed by atoms with E-state index in [1.807, 2.05) is 6.92 Å². The molecule has 0 bridgehead atoms. The number of hydrogen-bond donors (Lipinski definition) is 1. The molecule has 0 amide bonds. The minimum atomic E-state index is -0.0514. The number of rotatable bonds is 3. The molecule has 1 aromatic heterocycles. The van der Waals surface area contributed by atoms with Crippen molar-refractivity contribution < 1.29 is 4.52 Å². The van der Waals surface area contributed by atoms with E-state index in [1.165, 1.54) is 0 Å². The molecule has 2 N–H and O–H groups in total. The van der Waals surface area contributed by atoms with E-state index in [9.17, 15) is 0 Å². The van der Waals surface area contributed by atoms with Crippen LogP contribution in [0.2, 0.25) is 0 Å². The summed E-state index contributed by atoms with van der Waals surface area (Å²) in [6.07, 6.45) is 0.881. The largest absolute Gasteiger partial charge is 0.339 e. The predicted molar refractivity (Wildman–Crippen MR) is 55.1 cm³/mol. The number of nitrogens with two attached hydrogens (primary N) is 1. The SMILES string of the molecule is CC(CCN)c1nc(C(C)(C)C)no1. The summed E-state index contributed by atoms with van der Waals surface area (Å²) in [5.74, 6) is 1.71. The molecule has 0 spiro atoms. The highest BCUT2D eigenvalue weighted by Gasteiger charge is 2.22. The van der Waals surface area contributed by atoms with Gasteiger partial charge in [-0.1, -0.05) is 32.9 Å². The van der Waals surface area contributed by atoms with Crippen molar-refractivity contribution >= 4 is 0 Å². The molecule has 14 heavy (non-hydrogen) atoms. The Bertz CT molecular complexity index is 288. The van der Waals surface area contributed by atoms with Gasteiger partial charge in [-0.3, -0.25) is 0 Å². The highest BCUT2D eigenvalue weighted by molar-refractivity contribution is 5.01. The molecule has 0 aliphatic carbocycles. The van der Waals surface area contributed by atoms with Crippen LogP contribution in [-0.4, -0.2) is 16.7 Å². The normalized spacial score (nSPS) is 14.4. The van der Waals surface area contributed by atoms with Crippen LogP contribution in [-0.2, 0) is 5.41 Å². The lowest BCUT2D eigenvalue weighted by Gasteiger charge is -2.11. The summed E-state index contributed by atoms with van der Waals surface area (Å²) >= 11 is 0. The summed E-state index contributed by atoms with van der Waals surface area (Å²) in [5, 5.41) is 3.96. The first kappa shape index (κ1) is 11.2. The molecule has 80 valence electrons. The smallest absolute Gasteiger partial charge is 0.229 e. The molecule has 4 nitrogen and oxygen atoms in total. The molecule has 1 heterocycles. The third kappa shape index (κ3) is 2.54. The van der Waals surface area contributed by atoms with E-state index in [4.69, 9.17) is 10.3 Å². The molecule has 0 saturated heterocycles. The van der Waals surface area contributed by atoms with Crippen molar-refractivity contribution in [3.8, 4) is 0 Å². The van der Waals surface area contributed by atoms with E-state index in [0.717, 1.165) is 12.2 Å². The molecule has 0 radical (unpaired) electrons. The van der Waals surface area contributed by atoms with Gasteiger partial charge in [-0.05, 0) is 13.0 Å². The maximum atomic E-state index is 5.47. The summed E-state index contributed by atoms with van der Waals surface area (Å²) < 4.78 is 5.19. The maximum absolute atomic E-state index is 5.47. The van der Waals surface area contributed by atoms with Gasteiger partial charge in [0, 0.05) is 11.3 Å². The van der Waals surface area contributed by atoms with Gasteiger partial charge in [0.1, 0.15) is 0 Å². The second-order valence-corrected chi connectivity index (χ2v) is 4.68. The maximum Gasteiger partial charge on any atom is 0.229 e. The van der Waals surface area contributed by atoms with E-state index in [1.54, 1.807) is 0 Å². The molecule has 1 atom stereocenters. The quantitative estimate of drug-likeness (QED) is 0.802. The molecule has 1 unspecified atom stereocenters. The average Bonchev–Trinajstić information content (AvgIpc) is 2.51. The lowest BCUT2D eigenvalue weighted by atomic mass is 9.96. The van der Waals surface area contributed by atoms with E-state index in [2.05, 4.69) is 30.9 Å². The van der Waals surface area contributed by atoms with Crippen molar-refractivity contribution in [2.75, 3.05) is 6.54 Å². The molecule has 0 aliphatic rings. The van der Waals surface area contributed by atoms with Crippen LogP contribution in [0.3, 0.4) is 0 Å². The van der Waals surface area contributed by atoms with Crippen LogP contribution in [0.1, 0.15) is 51.7 Å². The zero-order valence-corrected chi connectivity index (χ0v) is 9.37. The Morgan fingerprint density at radius 3 is 2.50 bits per heavy atom. The van der Waals surface area contributed by atoms with Crippen LogP contribution >= 0.6 is 0 Å². The van der Waals surface area contributed by atoms with Crippen LogP contribution in [0.25, 0.3) is 0 Å². The first-order chi connectivity index (χ1) is 6.45. The molecule has 1 aromatic rings. The van der Waals surface area contributed by atoms with Gasteiger partial charge < -0.3 is 10.3 Å².